The molecule has 2 rings (SSSR count). The van der Waals surface area contributed by atoms with Crippen LogP contribution in [-0.4, -0.2) is 31.3 Å². The smallest absolute Gasteiger partial charge is 0.252 e. The summed E-state index contributed by atoms with van der Waals surface area (Å²) in [5, 5.41) is 7.67. The van der Waals surface area contributed by atoms with E-state index in [-0.39, 0.29) is 0 Å². The highest BCUT2D eigenvalue weighted by Gasteiger charge is 2.10. The minimum absolute atomic E-state index is 0.587. The molecule has 0 amide bonds. The number of hydrogen-bond donors (Lipinski definition) is 1. The van der Waals surface area contributed by atoms with Crippen LogP contribution in [0, 0.1) is 0 Å². The molecule has 0 aliphatic heterocycles. The van der Waals surface area contributed by atoms with E-state index in [0.29, 0.717) is 5.95 Å². The van der Waals surface area contributed by atoms with Crippen molar-refractivity contribution in [2.45, 2.75) is 40.2 Å². The molecule has 0 atom stereocenters. The number of aromatic nitrogens is 5. The lowest BCUT2D eigenvalue weighted by Crippen LogP contribution is -2.13. The third-order valence-electron chi connectivity index (χ3n) is 2.81. The molecule has 0 radical (unpaired) electrons. The molecule has 0 spiro atoms. The van der Waals surface area contributed by atoms with Crippen LogP contribution in [0.3, 0.4) is 0 Å². The first-order chi connectivity index (χ1) is 9.28. The topological polar surface area (TPSA) is 68.5 Å². The first kappa shape index (κ1) is 13.6. The van der Waals surface area contributed by atoms with Crippen molar-refractivity contribution in [2.24, 2.45) is 0 Å². The maximum absolute atomic E-state index is 4.46. The van der Waals surface area contributed by atoms with Gasteiger partial charge in [-0.3, -0.25) is 0 Å². The van der Waals surface area contributed by atoms with Gasteiger partial charge < -0.3 is 5.32 Å². The summed E-state index contributed by atoms with van der Waals surface area (Å²) in [6, 6.07) is 0. The number of aryl methyl sites for hydroxylation is 2. The molecule has 0 saturated heterocycles. The summed E-state index contributed by atoms with van der Waals surface area (Å²) in [7, 11) is 0. The Bertz CT molecular complexity index is 516. The van der Waals surface area contributed by atoms with Gasteiger partial charge in [-0.05, 0) is 6.54 Å². The van der Waals surface area contributed by atoms with Crippen molar-refractivity contribution in [3.05, 3.63) is 29.6 Å². The van der Waals surface area contributed by atoms with Gasteiger partial charge in [0, 0.05) is 37.3 Å². The summed E-state index contributed by atoms with van der Waals surface area (Å²) in [6.45, 7) is 7.89. The Morgan fingerprint density at radius 3 is 2.42 bits per heavy atom. The van der Waals surface area contributed by atoms with Crippen molar-refractivity contribution in [3.8, 4) is 5.95 Å². The first-order valence-corrected chi connectivity index (χ1v) is 6.75. The van der Waals surface area contributed by atoms with Gasteiger partial charge in [-0.15, -0.1) is 5.10 Å². The van der Waals surface area contributed by atoms with Crippen molar-refractivity contribution in [1.29, 1.82) is 0 Å². The molecule has 0 aromatic carbocycles. The Balaban J connectivity index is 2.23. The number of nitrogens with zero attached hydrogens (tertiary/aromatic N) is 5. The van der Waals surface area contributed by atoms with E-state index < -0.39 is 0 Å². The van der Waals surface area contributed by atoms with Crippen molar-refractivity contribution < 1.29 is 0 Å². The summed E-state index contributed by atoms with van der Waals surface area (Å²) in [6.07, 6.45) is 5.30. The predicted molar refractivity (Wildman–Crippen MR) is 73.1 cm³/mol. The van der Waals surface area contributed by atoms with Crippen molar-refractivity contribution in [1.82, 2.24) is 30.0 Å². The molecule has 6 nitrogen and oxygen atoms in total. The summed E-state index contributed by atoms with van der Waals surface area (Å²) in [5.41, 5.74) is 1.07. The molecule has 0 unspecified atom stereocenters. The number of hydrogen-bond acceptors (Lipinski definition) is 5. The molecule has 2 aromatic heterocycles. The largest absolute Gasteiger partial charge is 0.313 e. The predicted octanol–water partition coefficient (Wildman–Crippen LogP) is 1.29. The molecule has 0 aliphatic rings. The van der Waals surface area contributed by atoms with Crippen molar-refractivity contribution in [3.63, 3.8) is 0 Å². The monoisotopic (exact) mass is 260 g/mol. The van der Waals surface area contributed by atoms with Crippen LogP contribution < -0.4 is 5.32 Å². The van der Waals surface area contributed by atoms with Gasteiger partial charge in [0.15, 0.2) is 5.82 Å². The molecule has 102 valence electrons. The molecule has 1 N–H and O–H groups in total. The Hall–Kier alpha value is -1.82. The van der Waals surface area contributed by atoms with E-state index in [4.69, 9.17) is 0 Å². The molecule has 0 saturated carbocycles. The highest BCUT2D eigenvalue weighted by molar-refractivity contribution is 5.16. The van der Waals surface area contributed by atoms with E-state index in [0.717, 1.165) is 43.1 Å². The summed E-state index contributed by atoms with van der Waals surface area (Å²) >= 11 is 0. The van der Waals surface area contributed by atoms with E-state index in [2.05, 4.69) is 39.2 Å². The van der Waals surface area contributed by atoms with Gasteiger partial charge in [0.25, 0.3) is 5.95 Å². The van der Waals surface area contributed by atoms with Gasteiger partial charge in [0.1, 0.15) is 5.82 Å². The van der Waals surface area contributed by atoms with Crippen molar-refractivity contribution >= 4 is 0 Å². The van der Waals surface area contributed by atoms with Gasteiger partial charge in [-0.25, -0.2) is 15.0 Å². The summed E-state index contributed by atoms with van der Waals surface area (Å²) in [5.74, 6) is 2.32. The van der Waals surface area contributed by atoms with Gasteiger partial charge in [0.05, 0.1) is 0 Å². The van der Waals surface area contributed by atoms with E-state index in [9.17, 15) is 0 Å². The fourth-order valence-corrected chi connectivity index (χ4v) is 1.75. The third-order valence-corrected chi connectivity index (χ3v) is 2.81. The van der Waals surface area contributed by atoms with Crippen LogP contribution in [0.15, 0.2) is 12.4 Å². The Morgan fingerprint density at radius 1 is 1.11 bits per heavy atom. The zero-order valence-electron chi connectivity index (χ0n) is 11.7. The highest BCUT2D eigenvalue weighted by atomic mass is 15.4. The van der Waals surface area contributed by atoms with Gasteiger partial charge in [-0.2, -0.15) is 4.68 Å². The molecular formula is C13H20N6. The quantitative estimate of drug-likeness (QED) is 0.847. The van der Waals surface area contributed by atoms with Crippen molar-refractivity contribution in [2.75, 3.05) is 6.54 Å². The normalized spacial score (nSPS) is 10.9. The Morgan fingerprint density at radius 2 is 1.84 bits per heavy atom. The molecule has 0 fully saturated rings. The van der Waals surface area contributed by atoms with E-state index >= 15 is 0 Å². The van der Waals surface area contributed by atoms with Gasteiger partial charge in [0.2, 0.25) is 0 Å². The minimum atomic E-state index is 0.587. The van der Waals surface area contributed by atoms with Crippen LogP contribution in [0.1, 0.15) is 38.0 Å². The van der Waals surface area contributed by atoms with Crippen LogP contribution in [0.2, 0.25) is 0 Å². The zero-order valence-corrected chi connectivity index (χ0v) is 11.7. The van der Waals surface area contributed by atoms with Gasteiger partial charge in [-0.1, -0.05) is 20.8 Å². The lowest BCUT2D eigenvalue weighted by atomic mass is 10.3. The number of nitrogens with one attached hydrogen (secondary N) is 1. The molecule has 0 aliphatic carbocycles. The number of rotatable bonds is 6. The Labute approximate surface area is 113 Å². The Kier molecular flexibility index (Phi) is 4.57. The molecule has 0 bridgehead atoms. The highest BCUT2D eigenvalue weighted by Crippen LogP contribution is 2.07. The first-order valence-electron chi connectivity index (χ1n) is 6.75. The zero-order chi connectivity index (χ0) is 13.7. The van der Waals surface area contributed by atoms with Crippen LogP contribution >= 0.6 is 0 Å². The SMILES string of the molecule is CCNCc1cnc(-n2nc(CC)nc2CC)nc1. The standard InChI is InChI=1S/C13H20N6/c1-4-11-17-12(5-2)19(18-11)13-15-8-10(9-16-13)7-14-6-3/h8-9,14H,4-7H2,1-3H3. The molecule has 19 heavy (non-hydrogen) atoms. The fourth-order valence-electron chi connectivity index (χ4n) is 1.75. The molecular weight excluding hydrogens is 240 g/mol. The van der Waals surface area contributed by atoms with Gasteiger partial charge >= 0.3 is 0 Å². The van der Waals surface area contributed by atoms with Crippen LogP contribution in [0.5, 0.6) is 0 Å². The minimum Gasteiger partial charge on any atom is -0.313 e. The second-order valence-corrected chi connectivity index (χ2v) is 4.23. The van der Waals surface area contributed by atoms with E-state index in [1.165, 1.54) is 0 Å². The summed E-state index contributed by atoms with van der Waals surface area (Å²) < 4.78 is 1.73. The maximum atomic E-state index is 4.46. The average Bonchev–Trinajstić information content (AvgIpc) is 2.89. The van der Waals surface area contributed by atoms with Crippen LogP contribution in [0.25, 0.3) is 5.95 Å². The molecule has 2 heterocycles. The van der Waals surface area contributed by atoms with Crippen LogP contribution in [-0.2, 0) is 19.4 Å². The lowest BCUT2D eigenvalue weighted by molar-refractivity contribution is 0.707. The molecule has 6 heteroatoms. The summed E-state index contributed by atoms with van der Waals surface area (Å²) in [4.78, 5) is 13.2. The average molecular weight is 260 g/mol. The third kappa shape index (κ3) is 3.14. The molecule has 2 aromatic rings. The van der Waals surface area contributed by atoms with Crippen LogP contribution in [0.4, 0.5) is 0 Å². The fraction of sp³-hybridized carbons (Fsp3) is 0.538. The second kappa shape index (κ2) is 6.38. The van der Waals surface area contributed by atoms with E-state index in [1.807, 2.05) is 19.3 Å². The van der Waals surface area contributed by atoms with E-state index in [1.54, 1.807) is 4.68 Å². The maximum Gasteiger partial charge on any atom is 0.252 e. The lowest BCUT2D eigenvalue weighted by Gasteiger charge is -2.04. The second-order valence-electron chi connectivity index (χ2n) is 4.23.